The fraction of sp³-hybridized carbons (Fsp3) is 0.261. The van der Waals surface area contributed by atoms with Crippen LogP contribution in [-0.2, 0) is 0 Å². The number of hydrogen-bond donors (Lipinski definition) is 1. The third-order valence-corrected chi connectivity index (χ3v) is 7.88. The summed E-state index contributed by atoms with van der Waals surface area (Å²) in [7, 11) is 0. The normalized spacial score (nSPS) is 17.1. The summed E-state index contributed by atoms with van der Waals surface area (Å²) in [5, 5.41) is 14.8. The zero-order valence-corrected chi connectivity index (χ0v) is 20.3. The third kappa shape index (κ3) is 4.66. The second kappa shape index (κ2) is 9.34. The summed E-state index contributed by atoms with van der Waals surface area (Å²) in [4.78, 5) is 2.30. The van der Waals surface area contributed by atoms with Crippen LogP contribution in [0.2, 0.25) is 5.02 Å². The monoisotopic (exact) mass is 550 g/mol. The van der Waals surface area contributed by atoms with Crippen molar-refractivity contribution in [3.8, 4) is 10.4 Å². The number of para-hydroxylation sites is 1. The smallest absolute Gasteiger partial charge is 0.369 e. The Morgan fingerprint density at radius 1 is 0.971 bits per heavy atom. The predicted molar refractivity (Wildman–Crippen MR) is 127 cm³/mol. The van der Waals surface area contributed by atoms with Crippen LogP contribution in [-0.4, -0.2) is 35.0 Å². The average Bonchev–Trinajstić information content (AvgIpc) is 3.45. The molecule has 1 aliphatic heterocycles. The summed E-state index contributed by atoms with van der Waals surface area (Å²) in [5.41, 5.74) is -5.56. The lowest BCUT2D eigenvalue weighted by molar-refractivity contribution is -0.338. The zero-order valence-electron chi connectivity index (χ0n) is 17.9. The number of halogens is 7. The number of rotatable bonds is 5. The van der Waals surface area contributed by atoms with Gasteiger partial charge in [0.15, 0.2) is 0 Å². The molecule has 1 aromatic heterocycles. The van der Waals surface area contributed by atoms with Crippen molar-refractivity contribution in [1.82, 2.24) is 0 Å². The van der Waals surface area contributed by atoms with Crippen LogP contribution in [0.25, 0.3) is 10.4 Å². The Morgan fingerprint density at radius 3 is 2.17 bits per heavy atom. The molecule has 0 saturated carbocycles. The number of nitrogens with zero attached hydrogens (tertiary/aromatic N) is 2. The van der Waals surface area contributed by atoms with E-state index in [-0.39, 0.29) is 10.7 Å². The first-order chi connectivity index (χ1) is 16.4. The first-order valence-electron chi connectivity index (χ1n) is 10.1. The Kier molecular flexibility index (Phi) is 6.91. The molecular weight excluding hydrogens is 534 g/mol. The largest absolute Gasteiger partial charge is 0.431 e. The van der Waals surface area contributed by atoms with Gasteiger partial charge in [-0.3, -0.25) is 5.01 Å². The van der Waals surface area contributed by atoms with Gasteiger partial charge in [-0.2, -0.15) is 31.4 Å². The molecule has 3 nitrogen and oxygen atoms in total. The highest BCUT2D eigenvalue weighted by molar-refractivity contribution is 7.98. The average molecular weight is 551 g/mol. The standard InChI is InChI=1S/C23H17ClF6N2OS2/c1-34-14-8-6-13(7-9-14)18-10-11-19(35-18)17-12-20(21(33,22(25,26)27)23(28,29)30)31-32(17)16-5-3-2-4-15(16)24/h2-11,17,33H,12H2,1H3. The quantitative estimate of drug-likeness (QED) is 0.259. The van der Waals surface area contributed by atoms with Gasteiger partial charge in [0, 0.05) is 21.1 Å². The van der Waals surface area contributed by atoms with Crippen LogP contribution in [0.5, 0.6) is 0 Å². The van der Waals surface area contributed by atoms with Crippen molar-refractivity contribution in [2.75, 3.05) is 11.3 Å². The van der Waals surface area contributed by atoms with Gasteiger partial charge in [-0.15, -0.1) is 23.1 Å². The third-order valence-electron chi connectivity index (χ3n) is 5.58. The highest BCUT2D eigenvalue weighted by atomic mass is 35.5. The molecule has 12 heteroatoms. The van der Waals surface area contributed by atoms with Crippen molar-refractivity contribution in [3.63, 3.8) is 0 Å². The van der Waals surface area contributed by atoms with Crippen molar-refractivity contribution >= 4 is 46.1 Å². The van der Waals surface area contributed by atoms with Gasteiger partial charge >= 0.3 is 12.4 Å². The van der Waals surface area contributed by atoms with Gasteiger partial charge in [-0.25, -0.2) is 0 Å². The van der Waals surface area contributed by atoms with E-state index in [9.17, 15) is 31.4 Å². The molecule has 2 heterocycles. The maximum Gasteiger partial charge on any atom is 0.431 e. The number of hydrazone groups is 1. The van der Waals surface area contributed by atoms with Gasteiger partial charge in [-0.05, 0) is 48.2 Å². The van der Waals surface area contributed by atoms with E-state index in [1.54, 1.807) is 36.0 Å². The van der Waals surface area contributed by atoms with Gasteiger partial charge in [0.05, 0.1) is 22.5 Å². The fourth-order valence-electron chi connectivity index (χ4n) is 3.74. The maximum atomic E-state index is 13.6. The summed E-state index contributed by atoms with van der Waals surface area (Å²) in [5.74, 6) is 0. The minimum absolute atomic E-state index is 0.0921. The van der Waals surface area contributed by atoms with E-state index in [0.717, 1.165) is 20.3 Å². The number of anilines is 1. The summed E-state index contributed by atoms with van der Waals surface area (Å²) in [6, 6.07) is 16.0. The van der Waals surface area contributed by atoms with Crippen molar-refractivity contribution < 1.29 is 31.4 Å². The van der Waals surface area contributed by atoms with Crippen molar-refractivity contribution in [2.24, 2.45) is 5.10 Å². The lowest BCUT2D eigenvalue weighted by atomic mass is 9.91. The van der Waals surface area contributed by atoms with Crippen LogP contribution in [0.1, 0.15) is 17.3 Å². The van der Waals surface area contributed by atoms with Crippen LogP contribution in [0.4, 0.5) is 32.0 Å². The van der Waals surface area contributed by atoms with Gasteiger partial charge in [-0.1, -0.05) is 35.9 Å². The molecule has 186 valence electrons. The van der Waals surface area contributed by atoms with Gasteiger partial charge in [0.25, 0.3) is 5.60 Å². The predicted octanol–water partition coefficient (Wildman–Crippen LogP) is 7.95. The number of benzene rings is 2. The molecule has 0 amide bonds. The molecule has 0 aliphatic carbocycles. The molecule has 1 atom stereocenters. The van der Waals surface area contributed by atoms with Crippen molar-refractivity contribution in [3.05, 3.63) is 70.6 Å². The van der Waals surface area contributed by atoms with E-state index < -0.39 is 36.1 Å². The molecule has 0 radical (unpaired) electrons. The van der Waals surface area contributed by atoms with Gasteiger partial charge in [0.1, 0.15) is 0 Å². The highest BCUT2D eigenvalue weighted by Gasteiger charge is 2.74. The van der Waals surface area contributed by atoms with E-state index in [4.69, 9.17) is 11.6 Å². The first-order valence-corrected chi connectivity index (χ1v) is 12.5. The van der Waals surface area contributed by atoms with Crippen LogP contribution in [0, 0.1) is 0 Å². The molecule has 1 unspecified atom stereocenters. The molecule has 0 saturated heterocycles. The Bertz CT molecular complexity index is 1230. The number of thiophene rings is 1. The highest BCUT2D eigenvalue weighted by Crippen LogP contribution is 2.50. The van der Waals surface area contributed by atoms with Gasteiger partial charge in [0.2, 0.25) is 0 Å². The molecule has 1 N–H and O–H groups in total. The molecule has 3 aromatic rings. The summed E-state index contributed by atoms with van der Waals surface area (Å²) >= 11 is 9.00. The molecule has 4 rings (SSSR count). The molecule has 0 spiro atoms. The zero-order chi connectivity index (χ0) is 25.6. The van der Waals surface area contributed by atoms with E-state index in [2.05, 4.69) is 5.10 Å². The lowest BCUT2D eigenvalue weighted by Gasteiger charge is -2.31. The second-order valence-electron chi connectivity index (χ2n) is 7.70. The number of aliphatic hydroxyl groups is 1. The summed E-state index contributed by atoms with van der Waals surface area (Å²) < 4.78 is 81.5. The van der Waals surface area contributed by atoms with E-state index >= 15 is 0 Å². The molecule has 2 aromatic carbocycles. The van der Waals surface area contributed by atoms with Crippen LogP contribution in [0.3, 0.4) is 0 Å². The second-order valence-corrected chi connectivity index (χ2v) is 10.1. The minimum atomic E-state index is -6.02. The minimum Gasteiger partial charge on any atom is -0.369 e. The summed E-state index contributed by atoms with van der Waals surface area (Å²) in [6.07, 6.45) is -10.9. The molecular formula is C23H17ClF6N2OS2. The fourth-order valence-corrected chi connectivity index (χ4v) is 5.47. The van der Waals surface area contributed by atoms with Crippen LogP contribution >= 0.6 is 34.7 Å². The summed E-state index contributed by atoms with van der Waals surface area (Å²) in [6.45, 7) is 0. The van der Waals surface area contributed by atoms with Crippen LogP contribution < -0.4 is 5.01 Å². The van der Waals surface area contributed by atoms with Gasteiger partial charge < -0.3 is 5.11 Å². The topological polar surface area (TPSA) is 35.8 Å². The molecule has 0 bridgehead atoms. The number of thioether (sulfide) groups is 1. The Labute approximate surface area is 210 Å². The SMILES string of the molecule is CSc1ccc(-c2ccc(C3CC(C(O)(C(F)(F)F)C(F)(F)F)=NN3c3ccccc3Cl)s2)cc1. The first kappa shape index (κ1) is 25.9. The lowest BCUT2D eigenvalue weighted by Crippen LogP contribution is -2.62. The Balaban J connectivity index is 1.78. The van der Waals surface area contributed by atoms with E-state index in [1.807, 2.05) is 30.5 Å². The molecule has 0 fully saturated rings. The van der Waals surface area contributed by atoms with E-state index in [0.29, 0.717) is 4.88 Å². The maximum absolute atomic E-state index is 13.6. The van der Waals surface area contributed by atoms with Crippen molar-refractivity contribution in [1.29, 1.82) is 0 Å². The Morgan fingerprint density at radius 2 is 1.60 bits per heavy atom. The number of alkyl halides is 6. The van der Waals surface area contributed by atoms with Crippen molar-refractivity contribution in [2.45, 2.75) is 35.3 Å². The molecule has 1 aliphatic rings. The van der Waals surface area contributed by atoms with E-state index in [1.165, 1.54) is 23.5 Å². The van der Waals surface area contributed by atoms with Crippen LogP contribution in [0.15, 0.2) is 70.7 Å². The molecule has 35 heavy (non-hydrogen) atoms. The number of hydrogen-bond acceptors (Lipinski definition) is 5. The Hall–Kier alpha value is -2.21.